The molecule has 0 saturated carbocycles. The lowest BCUT2D eigenvalue weighted by Gasteiger charge is -2.25. The second-order valence-corrected chi connectivity index (χ2v) is 8.54. The van der Waals surface area contributed by atoms with Crippen molar-refractivity contribution in [1.29, 1.82) is 0 Å². The number of aromatic amines is 1. The maximum atomic E-state index is 13.1. The highest BCUT2D eigenvalue weighted by molar-refractivity contribution is 5.80. The monoisotopic (exact) mass is 416 g/mol. The van der Waals surface area contributed by atoms with Crippen LogP contribution in [0.25, 0.3) is 11.3 Å². The molecule has 7 nitrogen and oxygen atoms in total. The number of aromatic nitrogens is 4. The van der Waals surface area contributed by atoms with E-state index in [9.17, 15) is 4.79 Å². The molecule has 7 heteroatoms. The average molecular weight is 417 g/mol. The minimum absolute atomic E-state index is 0.000602. The smallest absolute Gasteiger partial charge is 0.227 e. The third-order valence-corrected chi connectivity index (χ3v) is 6.36. The molecule has 0 spiro atoms. The van der Waals surface area contributed by atoms with Gasteiger partial charge in [-0.1, -0.05) is 29.8 Å². The maximum absolute atomic E-state index is 13.1. The fourth-order valence-corrected chi connectivity index (χ4v) is 4.67. The second kappa shape index (κ2) is 8.49. The summed E-state index contributed by atoms with van der Waals surface area (Å²) in [7, 11) is 0. The number of hydrogen-bond acceptors (Lipinski definition) is 5. The number of anilines is 1. The summed E-state index contributed by atoms with van der Waals surface area (Å²) in [6.07, 6.45) is 8.36. The molecule has 1 amide bonds. The molecule has 2 aromatic heterocycles. The van der Waals surface area contributed by atoms with E-state index >= 15 is 0 Å². The number of rotatable bonds is 5. The van der Waals surface area contributed by atoms with Crippen molar-refractivity contribution in [3.05, 3.63) is 59.5 Å². The van der Waals surface area contributed by atoms with Gasteiger partial charge in [-0.3, -0.25) is 9.89 Å². The molecule has 0 radical (unpaired) electrons. The molecule has 160 valence electrons. The van der Waals surface area contributed by atoms with E-state index in [1.54, 1.807) is 0 Å². The number of benzene rings is 1. The van der Waals surface area contributed by atoms with E-state index in [1.165, 1.54) is 18.4 Å². The first kappa shape index (κ1) is 19.7. The van der Waals surface area contributed by atoms with E-state index in [1.807, 2.05) is 35.5 Å². The zero-order chi connectivity index (χ0) is 21.2. The summed E-state index contributed by atoms with van der Waals surface area (Å²) < 4.78 is 0. The summed E-state index contributed by atoms with van der Waals surface area (Å²) in [6.45, 7) is 4.85. The molecule has 2 fully saturated rings. The van der Waals surface area contributed by atoms with Gasteiger partial charge in [0.1, 0.15) is 0 Å². The Hall–Kier alpha value is -3.22. The minimum Gasteiger partial charge on any atom is -0.341 e. The SMILES string of the molecule is Cc1ccc(CC(=O)N2CCC[C@H]2c2[nH]ncc2-c2ccnc(N3CCCC3)n2)cc1. The summed E-state index contributed by atoms with van der Waals surface area (Å²) >= 11 is 0. The molecule has 0 aliphatic carbocycles. The third kappa shape index (κ3) is 4.04. The molecule has 1 aromatic carbocycles. The Morgan fingerprint density at radius 3 is 2.71 bits per heavy atom. The topological polar surface area (TPSA) is 78.0 Å². The van der Waals surface area contributed by atoms with Crippen molar-refractivity contribution < 1.29 is 4.79 Å². The van der Waals surface area contributed by atoms with Crippen LogP contribution in [-0.2, 0) is 11.2 Å². The number of nitrogens with zero attached hydrogens (tertiary/aromatic N) is 5. The molecule has 4 heterocycles. The minimum atomic E-state index is 0.000602. The first-order valence-corrected chi connectivity index (χ1v) is 11.2. The number of amides is 1. The van der Waals surface area contributed by atoms with Gasteiger partial charge in [0.05, 0.1) is 30.0 Å². The molecular formula is C24H28N6O. The molecule has 5 rings (SSSR count). The van der Waals surface area contributed by atoms with Gasteiger partial charge in [0.25, 0.3) is 0 Å². The van der Waals surface area contributed by atoms with Crippen molar-refractivity contribution in [2.24, 2.45) is 0 Å². The third-order valence-electron chi connectivity index (χ3n) is 6.36. The van der Waals surface area contributed by atoms with Gasteiger partial charge in [-0.05, 0) is 44.2 Å². The van der Waals surface area contributed by atoms with E-state index in [-0.39, 0.29) is 11.9 Å². The Bertz CT molecular complexity index is 1050. The highest BCUT2D eigenvalue weighted by Crippen LogP contribution is 2.36. The Morgan fingerprint density at radius 1 is 1.10 bits per heavy atom. The number of carbonyl (C=O) groups is 1. The number of carbonyl (C=O) groups excluding carboxylic acids is 1. The summed E-state index contributed by atoms with van der Waals surface area (Å²) in [4.78, 5) is 26.7. The molecule has 2 saturated heterocycles. The van der Waals surface area contributed by atoms with E-state index in [4.69, 9.17) is 4.98 Å². The van der Waals surface area contributed by atoms with Crippen molar-refractivity contribution in [2.75, 3.05) is 24.5 Å². The highest BCUT2D eigenvalue weighted by Gasteiger charge is 2.33. The Labute approximate surface area is 182 Å². The lowest BCUT2D eigenvalue weighted by molar-refractivity contribution is -0.131. The Balaban J connectivity index is 1.38. The molecule has 1 N–H and O–H groups in total. The predicted molar refractivity (Wildman–Crippen MR) is 120 cm³/mol. The summed E-state index contributed by atoms with van der Waals surface area (Å²) in [6, 6.07) is 10.1. The van der Waals surface area contributed by atoms with E-state index in [0.29, 0.717) is 6.42 Å². The summed E-state index contributed by atoms with van der Waals surface area (Å²) in [5, 5.41) is 7.49. The van der Waals surface area contributed by atoms with Crippen LogP contribution in [0.5, 0.6) is 0 Å². The fraction of sp³-hybridized carbons (Fsp3) is 0.417. The van der Waals surface area contributed by atoms with Gasteiger partial charge in [-0.25, -0.2) is 9.97 Å². The molecule has 3 aromatic rings. The van der Waals surface area contributed by atoms with Crippen LogP contribution in [0, 0.1) is 6.92 Å². The molecule has 1 atom stereocenters. The average Bonchev–Trinajstić information content (AvgIpc) is 3.56. The lowest BCUT2D eigenvalue weighted by Crippen LogP contribution is -2.32. The lowest BCUT2D eigenvalue weighted by atomic mass is 10.0. The van der Waals surface area contributed by atoms with Crippen LogP contribution in [0.15, 0.2) is 42.7 Å². The summed E-state index contributed by atoms with van der Waals surface area (Å²) in [5.41, 5.74) is 5.05. The Kier molecular flexibility index (Phi) is 5.40. The normalized spacial score (nSPS) is 18.7. The fourth-order valence-electron chi connectivity index (χ4n) is 4.67. The van der Waals surface area contributed by atoms with Gasteiger partial charge in [0.15, 0.2) is 0 Å². The molecule has 2 aliphatic heterocycles. The molecule has 0 unspecified atom stereocenters. The number of aryl methyl sites for hydroxylation is 1. The van der Waals surface area contributed by atoms with Gasteiger partial charge in [0.2, 0.25) is 11.9 Å². The molecule has 2 aliphatic rings. The molecule has 31 heavy (non-hydrogen) atoms. The van der Waals surface area contributed by atoms with Crippen molar-refractivity contribution in [1.82, 2.24) is 25.1 Å². The number of likely N-dealkylation sites (tertiary alicyclic amines) is 1. The quantitative estimate of drug-likeness (QED) is 0.686. The van der Waals surface area contributed by atoms with E-state index in [2.05, 4.69) is 39.1 Å². The zero-order valence-electron chi connectivity index (χ0n) is 17.9. The molecular weight excluding hydrogens is 388 g/mol. The van der Waals surface area contributed by atoms with Crippen molar-refractivity contribution >= 4 is 11.9 Å². The number of hydrogen-bond donors (Lipinski definition) is 1. The first-order valence-electron chi connectivity index (χ1n) is 11.2. The second-order valence-electron chi connectivity index (χ2n) is 8.54. The molecule has 0 bridgehead atoms. The van der Waals surface area contributed by atoms with E-state index in [0.717, 1.165) is 60.9 Å². The highest BCUT2D eigenvalue weighted by atomic mass is 16.2. The van der Waals surface area contributed by atoms with Crippen LogP contribution in [0.1, 0.15) is 48.5 Å². The van der Waals surface area contributed by atoms with Crippen LogP contribution in [-0.4, -0.2) is 50.6 Å². The summed E-state index contributed by atoms with van der Waals surface area (Å²) in [5.74, 6) is 0.938. The maximum Gasteiger partial charge on any atom is 0.227 e. The first-order chi connectivity index (χ1) is 15.2. The van der Waals surface area contributed by atoms with Gasteiger partial charge in [-0.2, -0.15) is 5.10 Å². The largest absolute Gasteiger partial charge is 0.341 e. The number of H-pyrrole nitrogens is 1. The van der Waals surface area contributed by atoms with Gasteiger partial charge < -0.3 is 9.80 Å². The van der Waals surface area contributed by atoms with E-state index < -0.39 is 0 Å². The van der Waals surface area contributed by atoms with Crippen LogP contribution in [0.3, 0.4) is 0 Å². The predicted octanol–water partition coefficient (Wildman–Crippen LogP) is 3.68. The van der Waals surface area contributed by atoms with Crippen molar-refractivity contribution in [3.63, 3.8) is 0 Å². The standard InChI is InChI=1S/C24H28N6O/c1-17-6-8-18(9-7-17)15-22(31)30-14-4-5-21(30)23-19(16-26-28-23)20-10-11-25-24(27-20)29-12-2-3-13-29/h6-11,16,21H,2-5,12-15H2,1H3,(H,26,28)/t21-/m0/s1. The van der Waals surface area contributed by atoms with Crippen LogP contribution < -0.4 is 4.90 Å². The van der Waals surface area contributed by atoms with Crippen LogP contribution in [0.2, 0.25) is 0 Å². The van der Waals surface area contributed by atoms with Crippen LogP contribution >= 0.6 is 0 Å². The number of nitrogens with one attached hydrogen (secondary N) is 1. The van der Waals surface area contributed by atoms with Crippen molar-refractivity contribution in [3.8, 4) is 11.3 Å². The zero-order valence-corrected chi connectivity index (χ0v) is 17.9. The Morgan fingerprint density at radius 2 is 1.90 bits per heavy atom. The van der Waals surface area contributed by atoms with Gasteiger partial charge in [0, 0.05) is 31.4 Å². The van der Waals surface area contributed by atoms with Crippen LogP contribution in [0.4, 0.5) is 5.95 Å². The van der Waals surface area contributed by atoms with Gasteiger partial charge in [-0.15, -0.1) is 0 Å². The van der Waals surface area contributed by atoms with Crippen molar-refractivity contribution in [2.45, 2.75) is 45.1 Å². The van der Waals surface area contributed by atoms with Gasteiger partial charge >= 0.3 is 0 Å².